The lowest BCUT2D eigenvalue weighted by Crippen LogP contribution is -2.34. The van der Waals surface area contributed by atoms with Crippen molar-refractivity contribution in [1.82, 2.24) is 10.6 Å². The summed E-state index contributed by atoms with van der Waals surface area (Å²) in [4.78, 5) is 24.1. The van der Waals surface area contributed by atoms with Crippen molar-refractivity contribution in [3.8, 4) is 0 Å². The van der Waals surface area contributed by atoms with Gasteiger partial charge in [0.25, 0.3) is 0 Å². The van der Waals surface area contributed by atoms with Crippen molar-refractivity contribution in [3.05, 3.63) is 0 Å². The van der Waals surface area contributed by atoms with Crippen molar-refractivity contribution >= 4 is 11.8 Å². The van der Waals surface area contributed by atoms with Gasteiger partial charge in [-0.05, 0) is 12.8 Å². The standard InChI is InChI=1S/C42H84N2O2/c1-3-5-7-9-11-13-15-17-19-21-23-25-27-29-31-33-35-37-41(45)43-39-40-44-42(46)38-36-34-32-30-28-26-24-22-20-18-16-14-12-10-8-6-4-2/h3-40H2,1-2H3,(H,43,45)(H,44,46). The quantitative estimate of drug-likeness (QED) is 0.0652. The number of carbonyl (C=O) groups excluding carboxylic acids is 2. The van der Waals surface area contributed by atoms with Gasteiger partial charge in [0.1, 0.15) is 0 Å². The summed E-state index contributed by atoms with van der Waals surface area (Å²) in [7, 11) is 0. The van der Waals surface area contributed by atoms with E-state index in [9.17, 15) is 9.59 Å². The van der Waals surface area contributed by atoms with Crippen LogP contribution in [0.4, 0.5) is 0 Å². The summed E-state index contributed by atoms with van der Waals surface area (Å²) in [5, 5.41) is 5.93. The Morgan fingerprint density at radius 1 is 0.283 bits per heavy atom. The number of amides is 2. The zero-order chi connectivity index (χ0) is 33.4. The van der Waals surface area contributed by atoms with Gasteiger partial charge in [0.15, 0.2) is 0 Å². The minimum atomic E-state index is 0.128. The number of hydrogen-bond donors (Lipinski definition) is 2. The van der Waals surface area contributed by atoms with Crippen LogP contribution in [0, 0.1) is 0 Å². The largest absolute Gasteiger partial charge is 0.354 e. The molecule has 0 saturated heterocycles. The van der Waals surface area contributed by atoms with Crippen LogP contribution in [0.1, 0.15) is 245 Å². The van der Waals surface area contributed by atoms with Crippen LogP contribution in [0.3, 0.4) is 0 Å². The first-order chi connectivity index (χ1) is 22.7. The van der Waals surface area contributed by atoms with E-state index >= 15 is 0 Å². The first-order valence-electron chi connectivity index (χ1n) is 21.2. The average Bonchev–Trinajstić information content (AvgIpc) is 3.06. The molecule has 0 radical (unpaired) electrons. The van der Waals surface area contributed by atoms with E-state index in [1.165, 1.54) is 193 Å². The topological polar surface area (TPSA) is 58.2 Å². The summed E-state index contributed by atoms with van der Waals surface area (Å²) in [5.74, 6) is 0.256. The molecule has 46 heavy (non-hydrogen) atoms. The first-order valence-corrected chi connectivity index (χ1v) is 21.2. The molecule has 274 valence electrons. The second kappa shape index (κ2) is 40.1. The van der Waals surface area contributed by atoms with Gasteiger partial charge in [0.05, 0.1) is 0 Å². The van der Waals surface area contributed by atoms with Gasteiger partial charge in [-0.2, -0.15) is 0 Å². The molecule has 4 heteroatoms. The Morgan fingerprint density at radius 3 is 0.652 bits per heavy atom. The van der Waals surface area contributed by atoms with Crippen LogP contribution in [-0.2, 0) is 9.59 Å². The van der Waals surface area contributed by atoms with Crippen LogP contribution >= 0.6 is 0 Å². The molecule has 0 aliphatic rings. The molecule has 0 fully saturated rings. The Labute approximate surface area is 289 Å². The molecular formula is C42H84N2O2. The highest BCUT2D eigenvalue weighted by Crippen LogP contribution is 2.16. The van der Waals surface area contributed by atoms with Gasteiger partial charge in [0, 0.05) is 25.9 Å². The second-order valence-corrected chi connectivity index (χ2v) is 14.5. The van der Waals surface area contributed by atoms with E-state index in [1.54, 1.807) is 0 Å². The number of hydrogen-bond acceptors (Lipinski definition) is 2. The minimum Gasteiger partial charge on any atom is -0.354 e. The lowest BCUT2D eigenvalue weighted by molar-refractivity contribution is -0.123. The van der Waals surface area contributed by atoms with Crippen LogP contribution in [0.2, 0.25) is 0 Å². The Kier molecular flexibility index (Phi) is 39.2. The van der Waals surface area contributed by atoms with Crippen molar-refractivity contribution in [2.24, 2.45) is 0 Å². The maximum absolute atomic E-state index is 12.1. The second-order valence-electron chi connectivity index (χ2n) is 14.5. The molecule has 0 unspecified atom stereocenters. The molecule has 0 rings (SSSR count). The molecule has 4 nitrogen and oxygen atoms in total. The third-order valence-electron chi connectivity index (χ3n) is 9.78. The van der Waals surface area contributed by atoms with Crippen molar-refractivity contribution in [2.45, 2.75) is 245 Å². The predicted octanol–water partition coefficient (Wildman–Crippen LogP) is 13.3. The van der Waals surface area contributed by atoms with Gasteiger partial charge in [0.2, 0.25) is 11.8 Å². The highest BCUT2D eigenvalue weighted by Gasteiger charge is 2.03. The summed E-state index contributed by atoms with van der Waals surface area (Å²) >= 11 is 0. The summed E-state index contributed by atoms with van der Waals surface area (Å²) < 4.78 is 0. The third-order valence-corrected chi connectivity index (χ3v) is 9.78. The van der Waals surface area contributed by atoms with Gasteiger partial charge in [-0.3, -0.25) is 9.59 Å². The average molecular weight is 649 g/mol. The molecular weight excluding hydrogens is 564 g/mol. The van der Waals surface area contributed by atoms with Crippen molar-refractivity contribution in [1.29, 1.82) is 0 Å². The summed E-state index contributed by atoms with van der Waals surface area (Å²) in [6.45, 7) is 5.66. The van der Waals surface area contributed by atoms with E-state index in [0.717, 1.165) is 25.7 Å². The monoisotopic (exact) mass is 649 g/mol. The Hall–Kier alpha value is -1.06. The first kappa shape index (κ1) is 44.9. The molecule has 0 aromatic heterocycles. The molecule has 0 aliphatic carbocycles. The molecule has 0 heterocycles. The maximum atomic E-state index is 12.1. The van der Waals surface area contributed by atoms with Gasteiger partial charge in [-0.15, -0.1) is 0 Å². The van der Waals surface area contributed by atoms with Crippen molar-refractivity contribution < 1.29 is 9.59 Å². The van der Waals surface area contributed by atoms with Gasteiger partial charge in [-0.25, -0.2) is 0 Å². The van der Waals surface area contributed by atoms with E-state index in [0.29, 0.717) is 25.9 Å². The zero-order valence-corrected chi connectivity index (χ0v) is 31.7. The number of nitrogens with one attached hydrogen (secondary N) is 2. The number of rotatable bonds is 39. The Balaban J connectivity index is 3.25. The Bertz CT molecular complexity index is 556. The van der Waals surface area contributed by atoms with E-state index < -0.39 is 0 Å². The highest BCUT2D eigenvalue weighted by molar-refractivity contribution is 5.77. The summed E-state index contributed by atoms with van der Waals surface area (Å²) in [6.07, 6.45) is 47.3. The van der Waals surface area contributed by atoms with Crippen molar-refractivity contribution in [2.75, 3.05) is 13.1 Å². The van der Waals surface area contributed by atoms with Gasteiger partial charge in [-0.1, -0.05) is 219 Å². The SMILES string of the molecule is CCCCCCCCCCCCCCCCCCCC(=O)NCCNC(=O)CCCCCCCCCCCCCCCCCCC. The molecule has 0 bridgehead atoms. The third kappa shape index (κ3) is 39.1. The fourth-order valence-corrected chi connectivity index (χ4v) is 6.60. The molecule has 2 amide bonds. The zero-order valence-electron chi connectivity index (χ0n) is 31.7. The Morgan fingerprint density at radius 2 is 0.457 bits per heavy atom. The molecule has 0 atom stereocenters. The van der Waals surface area contributed by atoms with Crippen molar-refractivity contribution in [3.63, 3.8) is 0 Å². The highest BCUT2D eigenvalue weighted by atomic mass is 16.2. The fraction of sp³-hybridized carbons (Fsp3) is 0.952. The van der Waals surface area contributed by atoms with Crippen LogP contribution < -0.4 is 10.6 Å². The maximum Gasteiger partial charge on any atom is 0.220 e. The fourth-order valence-electron chi connectivity index (χ4n) is 6.60. The lowest BCUT2D eigenvalue weighted by Gasteiger charge is -2.07. The lowest BCUT2D eigenvalue weighted by atomic mass is 10.0. The van der Waals surface area contributed by atoms with Gasteiger partial charge < -0.3 is 10.6 Å². The van der Waals surface area contributed by atoms with Gasteiger partial charge >= 0.3 is 0 Å². The molecule has 0 saturated carbocycles. The minimum absolute atomic E-state index is 0.128. The number of carbonyl (C=O) groups is 2. The van der Waals surface area contributed by atoms with Crippen LogP contribution in [0.15, 0.2) is 0 Å². The van der Waals surface area contributed by atoms with E-state index in [4.69, 9.17) is 0 Å². The molecule has 2 N–H and O–H groups in total. The molecule has 0 spiro atoms. The molecule has 0 aromatic rings. The van der Waals surface area contributed by atoms with E-state index in [-0.39, 0.29) is 11.8 Å². The molecule has 0 aromatic carbocycles. The smallest absolute Gasteiger partial charge is 0.220 e. The normalized spacial score (nSPS) is 11.3. The van der Waals surface area contributed by atoms with Crippen LogP contribution in [0.5, 0.6) is 0 Å². The summed E-state index contributed by atoms with van der Waals surface area (Å²) in [6, 6.07) is 0. The molecule has 0 aliphatic heterocycles. The van der Waals surface area contributed by atoms with E-state index in [2.05, 4.69) is 24.5 Å². The summed E-state index contributed by atoms with van der Waals surface area (Å²) in [5.41, 5.74) is 0. The predicted molar refractivity (Wildman–Crippen MR) is 204 cm³/mol. The van der Waals surface area contributed by atoms with Crippen LogP contribution in [-0.4, -0.2) is 24.9 Å². The van der Waals surface area contributed by atoms with E-state index in [1.807, 2.05) is 0 Å². The number of unbranched alkanes of at least 4 members (excludes halogenated alkanes) is 32. The van der Waals surface area contributed by atoms with Crippen LogP contribution in [0.25, 0.3) is 0 Å².